The molecule has 1 aromatic heterocycles. The highest BCUT2D eigenvalue weighted by atomic mass is 16.5. The number of rotatable bonds is 5. The van der Waals surface area contributed by atoms with Crippen LogP contribution in [0.1, 0.15) is 37.6 Å². The van der Waals surface area contributed by atoms with Crippen LogP contribution in [0.3, 0.4) is 0 Å². The molecule has 0 saturated carbocycles. The molecule has 2 aromatic rings. The summed E-state index contributed by atoms with van der Waals surface area (Å²) < 4.78 is 8.04. The van der Waals surface area contributed by atoms with Crippen LogP contribution in [0.5, 0.6) is 5.75 Å². The first-order chi connectivity index (χ1) is 10.3. The van der Waals surface area contributed by atoms with Gasteiger partial charge in [0.25, 0.3) is 0 Å². The molecule has 1 unspecified atom stereocenters. The van der Waals surface area contributed by atoms with E-state index >= 15 is 0 Å². The van der Waals surface area contributed by atoms with Gasteiger partial charge in [-0.2, -0.15) is 0 Å². The van der Waals surface area contributed by atoms with Gasteiger partial charge in [-0.05, 0) is 18.5 Å². The van der Waals surface area contributed by atoms with Gasteiger partial charge in [0.2, 0.25) is 0 Å². The zero-order valence-corrected chi connectivity index (χ0v) is 12.7. The van der Waals surface area contributed by atoms with Gasteiger partial charge in [-0.1, -0.05) is 32.0 Å². The second-order valence-corrected chi connectivity index (χ2v) is 6.01. The minimum absolute atomic E-state index is 0.327. The van der Waals surface area contributed by atoms with E-state index in [1.165, 1.54) is 11.3 Å². The van der Waals surface area contributed by atoms with Gasteiger partial charge < -0.3 is 14.6 Å². The van der Waals surface area contributed by atoms with Crippen LogP contribution in [0, 0.1) is 5.92 Å². The lowest BCUT2D eigenvalue weighted by atomic mass is 10.00. The normalized spacial score (nSPS) is 17.6. The molecule has 0 fully saturated rings. The summed E-state index contributed by atoms with van der Waals surface area (Å²) in [4.78, 5) is 4.35. The summed E-state index contributed by atoms with van der Waals surface area (Å²) in [5.41, 5.74) is 2.49. The van der Waals surface area contributed by atoms with Crippen molar-refractivity contribution >= 4 is 0 Å². The van der Waals surface area contributed by atoms with Crippen molar-refractivity contribution in [1.29, 1.82) is 0 Å². The second-order valence-electron chi connectivity index (χ2n) is 6.01. The summed E-state index contributed by atoms with van der Waals surface area (Å²) in [6.07, 6.45) is 4.90. The van der Waals surface area contributed by atoms with Crippen molar-refractivity contribution in [1.82, 2.24) is 14.9 Å². The first-order valence-electron chi connectivity index (χ1n) is 7.69. The number of ether oxygens (including phenoxy) is 1. The highest BCUT2D eigenvalue weighted by Gasteiger charge is 2.23. The average molecular weight is 285 g/mol. The molecule has 0 aliphatic carbocycles. The molecule has 2 heterocycles. The van der Waals surface area contributed by atoms with Crippen LogP contribution in [-0.2, 0) is 6.54 Å². The predicted octanol–water partition coefficient (Wildman–Crippen LogP) is 3.00. The molecule has 1 aromatic carbocycles. The minimum Gasteiger partial charge on any atom is -0.493 e. The number of fused-ring (bicyclic) bond motifs is 1. The predicted molar refractivity (Wildman–Crippen MR) is 83.5 cm³/mol. The summed E-state index contributed by atoms with van der Waals surface area (Å²) in [5, 5.41) is 3.50. The van der Waals surface area contributed by atoms with E-state index in [-0.39, 0.29) is 0 Å². The summed E-state index contributed by atoms with van der Waals surface area (Å²) in [7, 11) is 0. The van der Waals surface area contributed by atoms with Crippen LogP contribution in [0.25, 0.3) is 0 Å². The molecule has 0 bridgehead atoms. The first kappa shape index (κ1) is 14.1. The van der Waals surface area contributed by atoms with Crippen molar-refractivity contribution in [2.75, 3.05) is 13.2 Å². The number of imidazole rings is 1. The molecular weight excluding hydrogens is 262 g/mol. The van der Waals surface area contributed by atoms with Gasteiger partial charge in [-0.3, -0.25) is 0 Å². The van der Waals surface area contributed by atoms with E-state index in [4.69, 9.17) is 4.74 Å². The Kier molecular flexibility index (Phi) is 4.25. The number of nitrogens with zero attached hydrogens (tertiary/aromatic N) is 2. The molecular formula is C17H23N3O. The smallest absolute Gasteiger partial charge is 0.124 e. The maximum Gasteiger partial charge on any atom is 0.124 e. The summed E-state index contributed by atoms with van der Waals surface area (Å²) in [6.45, 7) is 7.09. The van der Waals surface area contributed by atoms with Gasteiger partial charge in [0.1, 0.15) is 5.75 Å². The van der Waals surface area contributed by atoms with Gasteiger partial charge in [-0.25, -0.2) is 4.98 Å². The van der Waals surface area contributed by atoms with Crippen LogP contribution >= 0.6 is 0 Å². The largest absolute Gasteiger partial charge is 0.493 e. The maximum absolute atomic E-state index is 5.75. The fraction of sp³-hybridized carbons (Fsp3) is 0.471. The first-order valence-corrected chi connectivity index (χ1v) is 7.69. The van der Waals surface area contributed by atoms with E-state index in [1.54, 1.807) is 0 Å². The zero-order valence-electron chi connectivity index (χ0n) is 12.7. The maximum atomic E-state index is 5.75. The van der Waals surface area contributed by atoms with Crippen LogP contribution in [-0.4, -0.2) is 22.7 Å². The summed E-state index contributed by atoms with van der Waals surface area (Å²) >= 11 is 0. The fourth-order valence-corrected chi connectivity index (χ4v) is 2.85. The van der Waals surface area contributed by atoms with Crippen molar-refractivity contribution < 1.29 is 4.74 Å². The number of hydrogen-bond donors (Lipinski definition) is 1. The highest BCUT2D eigenvalue weighted by molar-refractivity contribution is 5.38. The molecule has 1 N–H and O–H groups in total. The third kappa shape index (κ3) is 3.10. The molecule has 4 heteroatoms. The van der Waals surface area contributed by atoms with Gasteiger partial charge >= 0.3 is 0 Å². The second kappa shape index (κ2) is 6.31. The van der Waals surface area contributed by atoms with Crippen molar-refractivity contribution in [3.8, 4) is 5.75 Å². The molecule has 21 heavy (non-hydrogen) atoms. The molecule has 0 spiro atoms. The van der Waals surface area contributed by atoms with Gasteiger partial charge in [0.05, 0.1) is 24.7 Å². The number of para-hydroxylation sites is 1. The Morgan fingerprint density at radius 2 is 2.24 bits per heavy atom. The Morgan fingerprint density at radius 1 is 1.38 bits per heavy atom. The lowest BCUT2D eigenvalue weighted by Gasteiger charge is -2.28. The average Bonchev–Trinajstić information content (AvgIpc) is 2.94. The summed E-state index contributed by atoms with van der Waals surface area (Å²) in [5.74, 6) is 1.66. The number of aromatic nitrogens is 2. The Bertz CT molecular complexity index is 591. The van der Waals surface area contributed by atoms with E-state index in [0.29, 0.717) is 12.0 Å². The van der Waals surface area contributed by atoms with E-state index in [2.05, 4.69) is 46.9 Å². The molecule has 1 atom stereocenters. The Morgan fingerprint density at radius 3 is 3.10 bits per heavy atom. The van der Waals surface area contributed by atoms with Crippen LogP contribution in [0.2, 0.25) is 0 Å². The van der Waals surface area contributed by atoms with Gasteiger partial charge in [0.15, 0.2) is 0 Å². The Balaban J connectivity index is 1.80. The SMILES string of the molecule is CC(C)CNCc1cncn1C1CCOc2ccccc21. The van der Waals surface area contributed by atoms with E-state index in [1.807, 2.05) is 18.6 Å². The van der Waals surface area contributed by atoms with E-state index < -0.39 is 0 Å². The van der Waals surface area contributed by atoms with Crippen molar-refractivity contribution in [2.45, 2.75) is 32.9 Å². The lowest BCUT2D eigenvalue weighted by molar-refractivity contribution is 0.254. The third-order valence-electron chi connectivity index (χ3n) is 3.87. The van der Waals surface area contributed by atoms with E-state index in [9.17, 15) is 0 Å². The minimum atomic E-state index is 0.327. The van der Waals surface area contributed by atoms with Crippen LogP contribution < -0.4 is 10.1 Å². The van der Waals surface area contributed by atoms with Crippen LogP contribution in [0.4, 0.5) is 0 Å². The summed E-state index contributed by atoms with van der Waals surface area (Å²) in [6, 6.07) is 8.64. The van der Waals surface area contributed by atoms with E-state index in [0.717, 1.165) is 31.9 Å². The van der Waals surface area contributed by atoms with Gasteiger partial charge in [-0.15, -0.1) is 0 Å². The standard InChI is InChI=1S/C17H23N3O/c1-13(2)9-18-10-14-11-19-12-20(14)16-7-8-21-17-6-4-3-5-15(16)17/h3-6,11-13,16,18H,7-10H2,1-2H3. The fourth-order valence-electron chi connectivity index (χ4n) is 2.85. The molecule has 112 valence electrons. The quantitative estimate of drug-likeness (QED) is 0.918. The monoisotopic (exact) mass is 285 g/mol. The lowest BCUT2D eigenvalue weighted by Crippen LogP contribution is -2.25. The third-order valence-corrected chi connectivity index (χ3v) is 3.87. The highest BCUT2D eigenvalue weighted by Crippen LogP contribution is 2.34. The van der Waals surface area contributed by atoms with Crippen LogP contribution in [0.15, 0.2) is 36.8 Å². The van der Waals surface area contributed by atoms with Crippen molar-refractivity contribution in [3.63, 3.8) is 0 Å². The topological polar surface area (TPSA) is 39.1 Å². The van der Waals surface area contributed by atoms with Gasteiger partial charge in [0, 0.05) is 24.7 Å². The Labute approximate surface area is 126 Å². The number of nitrogens with one attached hydrogen (secondary N) is 1. The molecule has 0 amide bonds. The molecule has 1 aliphatic rings. The number of hydrogen-bond acceptors (Lipinski definition) is 3. The molecule has 4 nitrogen and oxygen atoms in total. The number of benzene rings is 1. The Hall–Kier alpha value is -1.81. The molecule has 0 saturated heterocycles. The van der Waals surface area contributed by atoms with Crippen molar-refractivity contribution in [3.05, 3.63) is 48.0 Å². The molecule has 1 aliphatic heterocycles. The molecule has 0 radical (unpaired) electrons. The zero-order chi connectivity index (χ0) is 14.7. The molecule has 3 rings (SSSR count). The van der Waals surface area contributed by atoms with Crippen molar-refractivity contribution in [2.24, 2.45) is 5.92 Å².